The van der Waals surface area contributed by atoms with E-state index in [2.05, 4.69) is 33.1 Å². The van der Waals surface area contributed by atoms with Gasteiger partial charge in [0.05, 0.1) is 12.0 Å². The highest BCUT2D eigenvalue weighted by Gasteiger charge is 2.35. The van der Waals surface area contributed by atoms with Gasteiger partial charge in [-0.3, -0.25) is 4.68 Å². The summed E-state index contributed by atoms with van der Waals surface area (Å²) in [5.41, 5.74) is 0.469. The summed E-state index contributed by atoms with van der Waals surface area (Å²) in [4.78, 5) is 6.54. The van der Waals surface area contributed by atoms with E-state index >= 15 is 0 Å². The molecule has 1 aliphatic heterocycles. The molecule has 1 fully saturated rings. The molecule has 7 heteroatoms. The number of aromatic nitrogens is 4. The molecule has 23 heavy (non-hydrogen) atoms. The summed E-state index contributed by atoms with van der Waals surface area (Å²) < 4.78 is 7.19. The monoisotopic (exact) mass is 319 g/mol. The average molecular weight is 319 g/mol. The van der Waals surface area contributed by atoms with E-state index < -0.39 is 5.60 Å². The van der Waals surface area contributed by atoms with Crippen molar-refractivity contribution in [1.29, 1.82) is 0 Å². The molecule has 1 atom stereocenters. The summed E-state index contributed by atoms with van der Waals surface area (Å²) in [5.74, 6) is 1.14. The first-order valence-corrected chi connectivity index (χ1v) is 8.32. The molecule has 0 radical (unpaired) electrons. The summed E-state index contributed by atoms with van der Waals surface area (Å²) in [6, 6.07) is 2.07. The van der Waals surface area contributed by atoms with E-state index in [1.807, 2.05) is 10.9 Å². The van der Waals surface area contributed by atoms with Gasteiger partial charge in [-0.1, -0.05) is 5.16 Å². The Bertz CT molecular complexity index is 638. The molecule has 3 rings (SSSR count). The second-order valence-corrected chi connectivity index (χ2v) is 6.40. The van der Waals surface area contributed by atoms with Gasteiger partial charge >= 0.3 is 0 Å². The Morgan fingerprint density at radius 2 is 2.30 bits per heavy atom. The number of nitrogens with zero attached hydrogens (tertiary/aromatic N) is 5. The first-order chi connectivity index (χ1) is 11.1. The number of aryl methyl sites for hydroxylation is 2. The van der Waals surface area contributed by atoms with Crippen molar-refractivity contribution in [3.05, 3.63) is 29.7 Å². The molecular weight excluding hydrogens is 294 g/mol. The molecule has 0 bridgehead atoms. The van der Waals surface area contributed by atoms with Crippen molar-refractivity contribution in [3.63, 3.8) is 0 Å². The van der Waals surface area contributed by atoms with Gasteiger partial charge in [-0.2, -0.15) is 10.1 Å². The van der Waals surface area contributed by atoms with Crippen LogP contribution in [0.3, 0.4) is 0 Å². The van der Waals surface area contributed by atoms with E-state index in [1.165, 1.54) is 5.69 Å². The van der Waals surface area contributed by atoms with Crippen LogP contribution in [-0.2, 0) is 19.4 Å². The van der Waals surface area contributed by atoms with Crippen LogP contribution in [0.1, 0.15) is 37.2 Å². The van der Waals surface area contributed by atoms with Crippen LogP contribution in [0.15, 0.2) is 16.8 Å². The maximum absolute atomic E-state index is 10.9. The third kappa shape index (κ3) is 3.97. The molecule has 7 nitrogen and oxygen atoms in total. The summed E-state index contributed by atoms with van der Waals surface area (Å²) in [6.07, 6.45) is 4.98. The van der Waals surface area contributed by atoms with E-state index in [1.54, 1.807) is 6.92 Å². The predicted octanol–water partition coefficient (Wildman–Crippen LogP) is 1.21. The number of likely N-dealkylation sites (tertiary alicyclic amines) is 1. The smallest absolute Gasteiger partial charge is 0.229 e. The van der Waals surface area contributed by atoms with Gasteiger partial charge in [-0.05, 0) is 39.3 Å². The van der Waals surface area contributed by atoms with Crippen molar-refractivity contribution < 1.29 is 9.63 Å². The molecule has 1 N–H and O–H groups in total. The molecule has 0 aliphatic carbocycles. The Morgan fingerprint density at radius 3 is 3.04 bits per heavy atom. The van der Waals surface area contributed by atoms with Crippen molar-refractivity contribution in [1.82, 2.24) is 24.8 Å². The summed E-state index contributed by atoms with van der Waals surface area (Å²) in [7, 11) is 0. The minimum Gasteiger partial charge on any atom is -0.388 e. The first-order valence-electron chi connectivity index (χ1n) is 8.32. The van der Waals surface area contributed by atoms with Crippen LogP contribution in [-0.4, -0.2) is 55.2 Å². The molecule has 0 saturated carbocycles. The fourth-order valence-electron chi connectivity index (χ4n) is 3.36. The highest BCUT2D eigenvalue weighted by molar-refractivity contribution is 5.02. The molecule has 3 heterocycles. The van der Waals surface area contributed by atoms with Gasteiger partial charge in [0.2, 0.25) is 5.89 Å². The molecule has 0 spiro atoms. The topological polar surface area (TPSA) is 80.2 Å². The number of hydrogen-bond donors (Lipinski definition) is 1. The van der Waals surface area contributed by atoms with Crippen LogP contribution in [0.4, 0.5) is 0 Å². The van der Waals surface area contributed by atoms with Crippen LogP contribution in [0, 0.1) is 6.92 Å². The van der Waals surface area contributed by atoms with E-state index in [-0.39, 0.29) is 0 Å². The minimum atomic E-state index is -0.776. The zero-order valence-corrected chi connectivity index (χ0v) is 13.9. The quantitative estimate of drug-likeness (QED) is 0.862. The molecule has 0 aromatic carbocycles. The van der Waals surface area contributed by atoms with Gasteiger partial charge in [0, 0.05) is 37.9 Å². The van der Waals surface area contributed by atoms with Crippen molar-refractivity contribution in [2.24, 2.45) is 0 Å². The lowest BCUT2D eigenvalue weighted by atomic mass is 9.89. The highest BCUT2D eigenvalue weighted by Crippen LogP contribution is 2.25. The van der Waals surface area contributed by atoms with Gasteiger partial charge in [-0.15, -0.1) is 0 Å². The Labute approximate surface area is 136 Å². The van der Waals surface area contributed by atoms with Crippen molar-refractivity contribution >= 4 is 0 Å². The fraction of sp³-hybridized carbons (Fsp3) is 0.688. The molecule has 2 aromatic rings. The van der Waals surface area contributed by atoms with Crippen molar-refractivity contribution in [2.75, 3.05) is 19.6 Å². The second kappa shape index (κ2) is 6.80. The Hall–Kier alpha value is -1.73. The molecule has 2 aromatic heterocycles. The Kier molecular flexibility index (Phi) is 4.77. The Balaban J connectivity index is 1.57. The number of aliphatic hydroxyl groups is 1. The molecule has 1 unspecified atom stereocenters. The lowest BCUT2D eigenvalue weighted by Crippen LogP contribution is -2.50. The molecule has 1 saturated heterocycles. The summed E-state index contributed by atoms with van der Waals surface area (Å²) in [6.45, 7) is 7.38. The largest absolute Gasteiger partial charge is 0.388 e. The van der Waals surface area contributed by atoms with Gasteiger partial charge in [0.15, 0.2) is 5.82 Å². The average Bonchev–Trinajstić information content (AvgIpc) is 3.13. The summed E-state index contributed by atoms with van der Waals surface area (Å²) >= 11 is 0. The van der Waals surface area contributed by atoms with Crippen molar-refractivity contribution in [3.8, 4) is 0 Å². The van der Waals surface area contributed by atoms with E-state index in [0.29, 0.717) is 24.7 Å². The van der Waals surface area contributed by atoms with Crippen LogP contribution in [0.2, 0.25) is 0 Å². The van der Waals surface area contributed by atoms with Gasteiger partial charge in [0.25, 0.3) is 0 Å². The predicted molar refractivity (Wildman–Crippen MR) is 85.0 cm³/mol. The standard InChI is InChI=1S/C16H25N5O2/c1-3-21-14(5-8-17-21)6-10-20-9-4-7-16(22,12-20)11-15-18-13(2)19-23-15/h5,8,22H,3-4,6-7,9-12H2,1-2H3. The first kappa shape index (κ1) is 16.1. The van der Waals surface area contributed by atoms with Crippen LogP contribution in [0.25, 0.3) is 0 Å². The zero-order valence-electron chi connectivity index (χ0n) is 13.9. The molecule has 1 aliphatic rings. The maximum Gasteiger partial charge on any atom is 0.229 e. The second-order valence-electron chi connectivity index (χ2n) is 6.40. The van der Waals surface area contributed by atoms with Crippen LogP contribution < -0.4 is 0 Å². The third-order valence-corrected chi connectivity index (χ3v) is 4.47. The van der Waals surface area contributed by atoms with Crippen molar-refractivity contribution in [2.45, 2.75) is 51.7 Å². The molecule has 0 amide bonds. The maximum atomic E-state index is 10.9. The SMILES string of the molecule is CCn1nccc1CCN1CCCC(O)(Cc2nc(C)no2)C1. The lowest BCUT2D eigenvalue weighted by Gasteiger charge is -2.38. The van der Waals surface area contributed by atoms with Gasteiger partial charge in [0.1, 0.15) is 0 Å². The van der Waals surface area contributed by atoms with Gasteiger partial charge in [-0.25, -0.2) is 0 Å². The van der Waals surface area contributed by atoms with Crippen LogP contribution in [0.5, 0.6) is 0 Å². The Morgan fingerprint density at radius 1 is 1.43 bits per heavy atom. The van der Waals surface area contributed by atoms with E-state index in [4.69, 9.17) is 4.52 Å². The minimum absolute atomic E-state index is 0.428. The van der Waals surface area contributed by atoms with Crippen LogP contribution >= 0.6 is 0 Å². The highest BCUT2D eigenvalue weighted by atomic mass is 16.5. The fourth-order valence-corrected chi connectivity index (χ4v) is 3.36. The van der Waals surface area contributed by atoms with E-state index in [0.717, 1.165) is 38.9 Å². The summed E-state index contributed by atoms with van der Waals surface area (Å²) in [5, 5.41) is 19.0. The zero-order chi connectivity index (χ0) is 16.3. The number of β-amino-alcohol motifs (C(OH)–C–C–N with tert-alkyl or cyclic N) is 1. The molecule has 126 valence electrons. The van der Waals surface area contributed by atoms with Gasteiger partial charge < -0.3 is 14.5 Å². The number of piperidine rings is 1. The van der Waals surface area contributed by atoms with E-state index in [9.17, 15) is 5.11 Å². The normalized spacial score (nSPS) is 22.6. The number of rotatable bonds is 6. The lowest BCUT2D eigenvalue weighted by molar-refractivity contribution is -0.0346. The number of hydrogen-bond acceptors (Lipinski definition) is 6. The molecular formula is C16H25N5O2. The third-order valence-electron chi connectivity index (χ3n) is 4.47.